The molecule has 0 saturated heterocycles. The molecule has 8 heteroatoms. The molecule has 1 N–H and O–H groups in total. The van der Waals surface area contributed by atoms with Gasteiger partial charge < -0.3 is 9.84 Å². The molecule has 5 nitrogen and oxygen atoms in total. The number of aliphatic hydroxyl groups is 1. The van der Waals surface area contributed by atoms with Gasteiger partial charge in [-0.2, -0.15) is 0 Å². The number of alkyl halides is 3. The van der Waals surface area contributed by atoms with Crippen molar-refractivity contribution in [3.8, 4) is 5.75 Å². The van der Waals surface area contributed by atoms with Crippen molar-refractivity contribution in [1.29, 1.82) is 0 Å². The number of nitro groups is 1. The van der Waals surface area contributed by atoms with Gasteiger partial charge in [-0.25, -0.2) is 0 Å². The Labute approximate surface area is 87.2 Å². The van der Waals surface area contributed by atoms with Crippen molar-refractivity contribution in [3.63, 3.8) is 0 Å². The van der Waals surface area contributed by atoms with Gasteiger partial charge in [-0.1, -0.05) is 6.07 Å². The van der Waals surface area contributed by atoms with E-state index in [1.807, 2.05) is 0 Å². The summed E-state index contributed by atoms with van der Waals surface area (Å²) in [5.74, 6) is -0.941. The number of aliphatic hydroxyl groups excluding tert-OH is 1. The Morgan fingerprint density at radius 3 is 2.50 bits per heavy atom. The highest BCUT2D eigenvalue weighted by molar-refractivity contribution is 5.52. The lowest BCUT2D eigenvalue weighted by Gasteiger charge is -2.10. The first kappa shape index (κ1) is 12.2. The van der Waals surface area contributed by atoms with E-state index in [0.717, 1.165) is 18.2 Å². The van der Waals surface area contributed by atoms with Crippen LogP contribution in [0.3, 0.4) is 0 Å². The molecule has 0 radical (unpaired) electrons. The molecule has 1 rings (SSSR count). The molecule has 0 amide bonds. The maximum absolute atomic E-state index is 11.9. The highest BCUT2D eigenvalue weighted by Crippen LogP contribution is 2.34. The van der Waals surface area contributed by atoms with E-state index >= 15 is 0 Å². The zero-order valence-electron chi connectivity index (χ0n) is 7.69. The van der Waals surface area contributed by atoms with E-state index in [0.29, 0.717) is 0 Å². The predicted molar refractivity (Wildman–Crippen MR) is 45.7 cm³/mol. The van der Waals surface area contributed by atoms with Gasteiger partial charge in [-0.15, -0.1) is 13.2 Å². The number of benzene rings is 1. The van der Waals surface area contributed by atoms with E-state index in [1.54, 1.807) is 0 Å². The van der Waals surface area contributed by atoms with E-state index in [-0.39, 0.29) is 5.56 Å². The number of ether oxygens (including phenoxy) is 1. The third-order valence-corrected chi connectivity index (χ3v) is 1.66. The molecule has 0 aliphatic heterocycles. The molecule has 88 valence electrons. The van der Waals surface area contributed by atoms with Crippen LogP contribution in [0.5, 0.6) is 5.75 Å². The summed E-state index contributed by atoms with van der Waals surface area (Å²) < 4.78 is 39.2. The lowest BCUT2D eigenvalue weighted by molar-refractivity contribution is -0.389. The number of para-hydroxylation sites is 1. The molecule has 16 heavy (non-hydrogen) atoms. The molecule has 0 unspecified atom stereocenters. The van der Waals surface area contributed by atoms with Gasteiger partial charge in [-0.05, 0) is 12.1 Å². The zero-order chi connectivity index (χ0) is 12.3. The van der Waals surface area contributed by atoms with Crippen LogP contribution < -0.4 is 4.74 Å². The van der Waals surface area contributed by atoms with Crippen LogP contribution in [0.4, 0.5) is 18.9 Å². The molecule has 0 fully saturated rings. The Kier molecular flexibility index (Phi) is 3.33. The number of nitro benzene ring substituents is 1. The maximum atomic E-state index is 11.9. The van der Waals surface area contributed by atoms with Crippen LogP contribution in [0.15, 0.2) is 18.2 Å². The number of halogens is 3. The van der Waals surface area contributed by atoms with Crippen molar-refractivity contribution in [2.75, 3.05) is 0 Å². The van der Waals surface area contributed by atoms with E-state index in [1.165, 1.54) is 0 Å². The molecule has 1 aromatic carbocycles. The molecule has 0 heterocycles. The van der Waals surface area contributed by atoms with E-state index in [9.17, 15) is 23.3 Å². The Morgan fingerprint density at radius 1 is 1.44 bits per heavy atom. The van der Waals surface area contributed by atoms with E-state index < -0.39 is 29.3 Å². The monoisotopic (exact) mass is 237 g/mol. The molecule has 0 aliphatic rings. The third kappa shape index (κ3) is 2.83. The average molecular weight is 237 g/mol. The number of hydrogen-bond acceptors (Lipinski definition) is 4. The van der Waals surface area contributed by atoms with E-state index in [4.69, 9.17) is 5.11 Å². The Bertz CT molecular complexity index is 405. The second-order valence-electron chi connectivity index (χ2n) is 2.73. The minimum absolute atomic E-state index is 0.244. The van der Waals surface area contributed by atoms with Crippen molar-refractivity contribution >= 4 is 5.69 Å². The van der Waals surface area contributed by atoms with E-state index in [2.05, 4.69) is 4.74 Å². The topological polar surface area (TPSA) is 72.6 Å². The normalized spacial score (nSPS) is 11.2. The Balaban J connectivity index is 3.22. The summed E-state index contributed by atoms with van der Waals surface area (Å²) in [6, 6.07) is 3.08. The largest absolute Gasteiger partial charge is 0.573 e. The first-order valence-electron chi connectivity index (χ1n) is 3.98. The van der Waals surface area contributed by atoms with Crippen LogP contribution >= 0.6 is 0 Å². The molecule has 0 aromatic heterocycles. The third-order valence-electron chi connectivity index (χ3n) is 1.66. The van der Waals surface area contributed by atoms with Crippen molar-refractivity contribution in [2.45, 2.75) is 13.0 Å². The lowest BCUT2D eigenvalue weighted by Crippen LogP contribution is -2.18. The molecule has 0 aliphatic carbocycles. The van der Waals surface area contributed by atoms with Gasteiger partial charge in [0, 0.05) is 0 Å². The quantitative estimate of drug-likeness (QED) is 0.644. The lowest BCUT2D eigenvalue weighted by atomic mass is 10.2. The standard InChI is InChI=1S/C8H6F3NO4/c9-8(10,11)16-6-3-1-2-5(4-13)7(6)12(14)15/h1-3,13H,4H2. The van der Waals surface area contributed by atoms with Crippen molar-refractivity contribution in [3.05, 3.63) is 33.9 Å². The summed E-state index contributed by atoms with van der Waals surface area (Å²) in [5, 5.41) is 19.3. The van der Waals surface area contributed by atoms with Gasteiger partial charge in [0.2, 0.25) is 5.75 Å². The summed E-state index contributed by atoms with van der Waals surface area (Å²) >= 11 is 0. The summed E-state index contributed by atoms with van der Waals surface area (Å²) in [5.41, 5.74) is -1.13. The minimum Gasteiger partial charge on any atom is -0.398 e. The predicted octanol–water partition coefficient (Wildman–Crippen LogP) is 1.99. The average Bonchev–Trinajstić information content (AvgIpc) is 2.14. The summed E-state index contributed by atoms with van der Waals surface area (Å²) in [7, 11) is 0. The van der Waals surface area contributed by atoms with Crippen LogP contribution in [-0.2, 0) is 6.61 Å². The van der Waals surface area contributed by atoms with Crippen LogP contribution in [0.25, 0.3) is 0 Å². The van der Waals surface area contributed by atoms with Gasteiger partial charge in [0.15, 0.2) is 0 Å². The highest BCUT2D eigenvalue weighted by Gasteiger charge is 2.35. The summed E-state index contributed by atoms with van der Waals surface area (Å²) in [6.07, 6.45) is -5.02. The SMILES string of the molecule is O=[N+]([O-])c1c(CO)cccc1OC(F)(F)F. The molecule has 0 bridgehead atoms. The summed E-state index contributed by atoms with van der Waals surface area (Å²) in [4.78, 5) is 9.50. The van der Waals surface area contributed by atoms with Crippen LogP contribution in [-0.4, -0.2) is 16.4 Å². The Morgan fingerprint density at radius 2 is 2.06 bits per heavy atom. The van der Waals surface area contributed by atoms with Gasteiger partial charge in [-0.3, -0.25) is 10.1 Å². The van der Waals surface area contributed by atoms with Crippen LogP contribution in [0, 0.1) is 10.1 Å². The minimum atomic E-state index is -5.02. The number of nitrogens with zero attached hydrogens (tertiary/aromatic N) is 1. The summed E-state index contributed by atoms with van der Waals surface area (Å²) in [6.45, 7) is -0.745. The second-order valence-corrected chi connectivity index (χ2v) is 2.73. The first-order chi connectivity index (χ1) is 7.35. The van der Waals surface area contributed by atoms with Crippen LogP contribution in [0.1, 0.15) is 5.56 Å². The maximum Gasteiger partial charge on any atom is 0.573 e. The van der Waals surface area contributed by atoms with Crippen LogP contribution in [0.2, 0.25) is 0 Å². The molecular weight excluding hydrogens is 231 g/mol. The Hall–Kier alpha value is -1.83. The first-order valence-corrected chi connectivity index (χ1v) is 3.98. The second kappa shape index (κ2) is 4.35. The molecule has 1 aromatic rings. The van der Waals surface area contributed by atoms with Crippen molar-refractivity contribution in [2.24, 2.45) is 0 Å². The number of rotatable bonds is 3. The van der Waals surface area contributed by atoms with Crippen molar-refractivity contribution < 1.29 is 27.9 Å². The molecule has 0 spiro atoms. The van der Waals surface area contributed by atoms with Gasteiger partial charge in [0.25, 0.3) is 0 Å². The van der Waals surface area contributed by atoms with Gasteiger partial charge >= 0.3 is 12.0 Å². The molecule has 0 saturated carbocycles. The highest BCUT2D eigenvalue weighted by atomic mass is 19.4. The fourth-order valence-corrected chi connectivity index (χ4v) is 1.11. The fraction of sp³-hybridized carbons (Fsp3) is 0.250. The van der Waals surface area contributed by atoms with Gasteiger partial charge in [0.1, 0.15) is 0 Å². The number of hydrogen-bond donors (Lipinski definition) is 1. The molecule has 0 atom stereocenters. The van der Waals surface area contributed by atoms with Crippen molar-refractivity contribution in [1.82, 2.24) is 0 Å². The van der Waals surface area contributed by atoms with Gasteiger partial charge in [0.05, 0.1) is 17.1 Å². The smallest absolute Gasteiger partial charge is 0.398 e. The fourth-order valence-electron chi connectivity index (χ4n) is 1.11. The molecular formula is C8H6F3NO4. The zero-order valence-corrected chi connectivity index (χ0v) is 7.69.